The summed E-state index contributed by atoms with van der Waals surface area (Å²) in [6.45, 7) is 0. The molecule has 0 saturated heterocycles. The summed E-state index contributed by atoms with van der Waals surface area (Å²) in [4.78, 5) is 0. The number of aliphatic hydroxyl groups is 1. The highest BCUT2D eigenvalue weighted by molar-refractivity contribution is 9.11. The van der Waals surface area contributed by atoms with E-state index in [4.69, 9.17) is 0 Å². The van der Waals surface area contributed by atoms with Crippen molar-refractivity contribution in [1.29, 1.82) is 0 Å². The Bertz CT molecular complexity index is 1510. The highest BCUT2D eigenvalue weighted by atomic mass is 79.9. The Morgan fingerprint density at radius 2 is 0.737 bits per heavy atom. The lowest BCUT2D eigenvalue weighted by Crippen LogP contribution is -2.30. The predicted molar refractivity (Wildman–Crippen MR) is 149 cm³/mol. The van der Waals surface area contributed by atoms with Gasteiger partial charge in [-0.15, -0.1) is 15.3 Å². The van der Waals surface area contributed by atoms with Gasteiger partial charge in [0.25, 0.3) is 0 Å². The maximum atomic E-state index is 12.3. The topological polar surface area (TPSA) is 112 Å². The molecule has 1 N–H and O–H groups in total. The van der Waals surface area contributed by atoms with Crippen molar-refractivity contribution in [2.75, 3.05) is 0 Å². The average molecular weight is 698 g/mol. The number of rotatable bonds is 6. The van der Waals surface area contributed by atoms with Crippen LogP contribution in [0.15, 0.2) is 105 Å². The monoisotopic (exact) mass is 695 g/mol. The molecule has 0 fully saturated rings. The van der Waals surface area contributed by atoms with Crippen molar-refractivity contribution in [2.24, 2.45) is 0 Å². The first-order valence-corrected chi connectivity index (χ1v) is 13.6. The largest absolute Gasteiger partial charge is 0.372 e. The zero-order chi connectivity index (χ0) is 26.3. The molecule has 6 aromatic rings. The molecule has 10 nitrogen and oxygen atoms in total. The number of aromatic nitrogens is 9. The van der Waals surface area contributed by atoms with E-state index in [0.29, 0.717) is 0 Å². The van der Waals surface area contributed by atoms with Gasteiger partial charge < -0.3 is 5.11 Å². The molecular weight excluding hydrogens is 682 g/mol. The molecule has 0 spiro atoms. The number of benzene rings is 3. The second-order valence-corrected chi connectivity index (χ2v) is 11.0. The smallest absolute Gasteiger partial charge is 0.201 e. The third kappa shape index (κ3) is 4.62. The van der Waals surface area contributed by atoms with Crippen LogP contribution in [0.4, 0.5) is 0 Å². The maximum Gasteiger partial charge on any atom is 0.201 e. The van der Waals surface area contributed by atoms with E-state index in [2.05, 4.69) is 78.7 Å². The van der Waals surface area contributed by atoms with Gasteiger partial charge in [0.05, 0.1) is 35.7 Å². The third-order valence-electron chi connectivity index (χ3n) is 5.87. The Morgan fingerprint density at radius 3 is 1.00 bits per heavy atom. The average Bonchev–Trinajstić information content (AvgIpc) is 3.71. The SMILES string of the molecule is OC(c1cn(-c2ccc(Br)cc2)nn1)(c1cn(-c2ccc(Br)cc2)nn1)c1cn(-c2ccc(Br)cc2)nn1. The number of hydrogen-bond acceptors (Lipinski definition) is 7. The second-order valence-electron chi connectivity index (χ2n) is 8.28. The summed E-state index contributed by atoms with van der Waals surface area (Å²) in [6, 6.07) is 22.7. The van der Waals surface area contributed by atoms with Gasteiger partial charge in [-0.2, -0.15) is 0 Å². The number of hydrogen-bond donors (Lipinski definition) is 1. The summed E-state index contributed by atoms with van der Waals surface area (Å²) < 4.78 is 7.53. The summed E-state index contributed by atoms with van der Waals surface area (Å²) >= 11 is 10.3. The van der Waals surface area contributed by atoms with Gasteiger partial charge in [-0.3, -0.25) is 0 Å². The minimum atomic E-state index is -1.89. The molecule has 0 aliphatic carbocycles. The van der Waals surface area contributed by atoms with Crippen molar-refractivity contribution in [2.45, 2.75) is 5.60 Å². The van der Waals surface area contributed by atoms with Crippen molar-refractivity contribution in [1.82, 2.24) is 45.0 Å². The first-order valence-electron chi connectivity index (χ1n) is 11.2. The van der Waals surface area contributed by atoms with Crippen LogP contribution in [0.5, 0.6) is 0 Å². The predicted octanol–water partition coefficient (Wildman–Crippen LogP) is 5.00. The molecule has 0 unspecified atom stereocenters. The molecular formula is C25H16Br3N9O. The van der Waals surface area contributed by atoms with E-state index >= 15 is 0 Å². The minimum Gasteiger partial charge on any atom is -0.372 e. The van der Waals surface area contributed by atoms with Crippen LogP contribution in [0.25, 0.3) is 17.1 Å². The molecule has 0 aliphatic rings. The Hall–Kier alpha value is -3.52. The van der Waals surface area contributed by atoms with Gasteiger partial charge in [0, 0.05) is 13.4 Å². The summed E-state index contributed by atoms with van der Waals surface area (Å²) in [5, 5.41) is 38.0. The van der Waals surface area contributed by atoms with Crippen LogP contribution in [-0.2, 0) is 5.60 Å². The maximum absolute atomic E-state index is 12.3. The minimum absolute atomic E-state index is 0.214. The Balaban J connectivity index is 1.46. The van der Waals surface area contributed by atoms with Crippen LogP contribution >= 0.6 is 47.8 Å². The fraction of sp³-hybridized carbons (Fsp3) is 0.0400. The second kappa shape index (κ2) is 9.98. The standard InChI is InChI=1S/C25H16Br3N9O/c26-16-1-7-19(8-2-16)35-13-22(29-32-35)25(38,23-14-36(33-30-23)20-9-3-17(27)4-10-20)24-15-37(34-31-24)21-11-5-18(28)6-12-21/h1-15,38H. The highest BCUT2D eigenvalue weighted by Gasteiger charge is 2.43. The third-order valence-corrected chi connectivity index (χ3v) is 7.45. The first-order chi connectivity index (χ1) is 18.4. The molecule has 3 heterocycles. The van der Waals surface area contributed by atoms with Gasteiger partial charge in [-0.05, 0) is 72.8 Å². The molecule has 3 aromatic heterocycles. The van der Waals surface area contributed by atoms with Crippen molar-refractivity contribution in [3.63, 3.8) is 0 Å². The fourth-order valence-electron chi connectivity index (χ4n) is 3.84. The highest BCUT2D eigenvalue weighted by Crippen LogP contribution is 2.34. The summed E-state index contributed by atoms with van der Waals surface area (Å²) in [6.07, 6.45) is 4.92. The van der Waals surface area contributed by atoms with Crippen molar-refractivity contribution >= 4 is 47.8 Å². The molecule has 0 amide bonds. The lowest BCUT2D eigenvalue weighted by Gasteiger charge is -2.20. The molecule has 0 atom stereocenters. The summed E-state index contributed by atoms with van der Waals surface area (Å²) in [5.74, 6) is 0. The molecule has 0 aliphatic heterocycles. The molecule has 6 rings (SSSR count). The fourth-order valence-corrected chi connectivity index (χ4v) is 4.64. The Morgan fingerprint density at radius 1 is 0.474 bits per heavy atom. The molecule has 3 aromatic carbocycles. The van der Waals surface area contributed by atoms with Crippen LogP contribution in [0, 0.1) is 0 Å². The number of nitrogens with zero attached hydrogens (tertiary/aromatic N) is 9. The van der Waals surface area contributed by atoms with E-state index in [-0.39, 0.29) is 17.1 Å². The summed E-state index contributed by atoms with van der Waals surface area (Å²) in [5.41, 5.74) is 1.06. The number of halogens is 3. The van der Waals surface area contributed by atoms with Gasteiger partial charge in [0.1, 0.15) is 17.1 Å². The van der Waals surface area contributed by atoms with Gasteiger partial charge in [0.15, 0.2) is 0 Å². The molecule has 0 radical (unpaired) electrons. The van der Waals surface area contributed by atoms with E-state index in [1.165, 1.54) is 0 Å². The first kappa shape index (κ1) is 24.8. The van der Waals surface area contributed by atoms with Crippen LogP contribution in [0.2, 0.25) is 0 Å². The van der Waals surface area contributed by atoms with Gasteiger partial charge in [-0.1, -0.05) is 63.4 Å². The lowest BCUT2D eigenvalue weighted by molar-refractivity contribution is 0.111. The van der Waals surface area contributed by atoms with Crippen LogP contribution in [-0.4, -0.2) is 50.1 Å². The van der Waals surface area contributed by atoms with E-state index in [1.54, 1.807) is 32.6 Å². The van der Waals surface area contributed by atoms with Gasteiger partial charge in [0.2, 0.25) is 5.60 Å². The van der Waals surface area contributed by atoms with Gasteiger partial charge >= 0.3 is 0 Å². The molecule has 38 heavy (non-hydrogen) atoms. The van der Waals surface area contributed by atoms with Crippen LogP contribution in [0.1, 0.15) is 17.1 Å². The Labute approximate surface area is 241 Å². The van der Waals surface area contributed by atoms with Crippen molar-refractivity contribution < 1.29 is 5.11 Å². The van der Waals surface area contributed by atoms with E-state index in [0.717, 1.165) is 30.5 Å². The zero-order valence-electron chi connectivity index (χ0n) is 19.3. The molecule has 0 bridgehead atoms. The van der Waals surface area contributed by atoms with E-state index in [1.807, 2.05) is 72.8 Å². The van der Waals surface area contributed by atoms with Crippen LogP contribution in [0.3, 0.4) is 0 Å². The summed E-state index contributed by atoms with van der Waals surface area (Å²) in [7, 11) is 0. The molecule has 13 heteroatoms. The van der Waals surface area contributed by atoms with Crippen LogP contribution < -0.4 is 0 Å². The Kier molecular flexibility index (Phi) is 6.51. The van der Waals surface area contributed by atoms with E-state index < -0.39 is 5.60 Å². The van der Waals surface area contributed by atoms with Crippen molar-refractivity contribution in [3.8, 4) is 17.1 Å². The zero-order valence-corrected chi connectivity index (χ0v) is 24.0. The lowest BCUT2D eigenvalue weighted by atomic mass is 9.93. The van der Waals surface area contributed by atoms with E-state index in [9.17, 15) is 5.11 Å². The molecule has 0 saturated carbocycles. The van der Waals surface area contributed by atoms with Gasteiger partial charge in [-0.25, -0.2) is 14.0 Å². The van der Waals surface area contributed by atoms with Crippen molar-refractivity contribution in [3.05, 3.63) is 122 Å². The normalized spacial score (nSPS) is 11.7. The quantitative estimate of drug-likeness (QED) is 0.261. The molecule has 188 valence electrons.